The number of allylic oxidation sites excluding steroid dienone is 1. The van der Waals surface area contributed by atoms with Gasteiger partial charge in [0.2, 0.25) is 0 Å². The lowest BCUT2D eigenvalue weighted by atomic mass is 10.1. The van der Waals surface area contributed by atoms with E-state index in [1.165, 1.54) is 0 Å². The molecule has 1 heterocycles. The third-order valence-electron chi connectivity index (χ3n) is 3.33. The molecule has 0 bridgehead atoms. The quantitative estimate of drug-likeness (QED) is 0.440. The summed E-state index contributed by atoms with van der Waals surface area (Å²) < 4.78 is 4.90. The fourth-order valence-corrected chi connectivity index (χ4v) is 1.22. The Bertz CT molecular complexity index is 540. The maximum Gasteiger partial charge on any atom is 0.330 e. The van der Waals surface area contributed by atoms with Gasteiger partial charge in [0.25, 0.3) is 0 Å². The average Bonchev–Trinajstić information content (AvgIpc) is 3.41. The van der Waals surface area contributed by atoms with E-state index < -0.39 is 17.9 Å². The maximum absolute atomic E-state index is 10.2. The van der Waals surface area contributed by atoms with Gasteiger partial charge in [-0.3, -0.25) is 0 Å². The third kappa shape index (κ3) is 16.4. The van der Waals surface area contributed by atoms with E-state index in [-0.39, 0.29) is 6.10 Å². The molecule has 0 radical (unpaired) electrons. The molecule has 0 aromatic heterocycles. The van der Waals surface area contributed by atoms with Crippen molar-refractivity contribution >= 4 is 17.9 Å². The number of carbonyl (C=O) groups is 3. The van der Waals surface area contributed by atoms with Gasteiger partial charge in [0.15, 0.2) is 0 Å². The van der Waals surface area contributed by atoms with Crippen LogP contribution in [0.25, 0.3) is 0 Å². The summed E-state index contributed by atoms with van der Waals surface area (Å²) in [6, 6.07) is 0. The Labute approximate surface area is 154 Å². The highest BCUT2D eigenvalue weighted by Crippen LogP contribution is 2.14. The number of carboxylic acid groups (broad SMARTS) is 3. The second kappa shape index (κ2) is 14.9. The zero-order chi connectivity index (χ0) is 20.7. The molecule has 0 aromatic carbocycles. The van der Waals surface area contributed by atoms with E-state index in [4.69, 9.17) is 20.1 Å². The Morgan fingerprint density at radius 2 is 1.58 bits per heavy atom. The largest absolute Gasteiger partial charge is 0.478 e. The lowest BCUT2D eigenvalue weighted by Crippen LogP contribution is -1.97. The molecule has 0 aromatic rings. The van der Waals surface area contributed by atoms with Crippen LogP contribution in [-0.4, -0.2) is 45.9 Å². The maximum atomic E-state index is 10.2. The van der Waals surface area contributed by atoms with Crippen molar-refractivity contribution in [2.24, 2.45) is 0 Å². The summed E-state index contributed by atoms with van der Waals surface area (Å²) in [4.78, 5) is 30.2. The highest BCUT2D eigenvalue weighted by Gasteiger charge is 2.20. The van der Waals surface area contributed by atoms with Crippen LogP contribution < -0.4 is 0 Å². The molecule has 7 heteroatoms. The summed E-state index contributed by atoms with van der Waals surface area (Å²) in [5.74, 6) is -2.56. The van der Waals surface area contributed by atoms with E-state index in [1.807, 2.05) is 6.92 Å². The Morgan fingerprint density at radius 3 is 1.85 bits per heavy atom. The topological polar surface area (TPSA) is 124 Å². The molecule has 0 saturated carbocycles. The Hall–Kier alpha value is -2.41. The fraction of sp³-hybridized carbons (Fsp3) is 0.526. The second-order valence-corrected chi connectivity index (χ2v) is 5.67. The number of hydrogen-bond acceptors (Lipinski definition) is 4. The van der Waals surface area contributed by atoms with E-state index in [2.05, 4.69) is 6.58 Å². The number of hydrogen-bond donors (Lipinski definition) is 3. The van der Waals surface area contributed by atoms with Gasteiger partial charge in [-0.1, -0.05) is 32.1 Å². The summed E-state index contributed by atoms with van der Waals surface area (Å²) in [6.45, 7) is 11.0. The van der Waals surface area contributed by atoms with Crippen LogP contribution in [0.2, 0.25) is 0 Å². The van der Waals surface area contributed by atoms with Gasteiger partial charge in [0, 0.05) is 16.7 Å². The zero-order valence-electron chi connectivity index (χ0n) is 15.9. The molecule has 1 aliphatic rings. The van der Waals surface area contributed by atoms with Crippen LogP contribution in [-0.2, 0) is 19.1 Å². The normalized spacial score (nSPS) is 15.6. The number of rotatable bonds is 8. The summed E-state index contributed by atoms with van der Waals surface area (Å²) in [6.07, 6.45) is 6.83. The zero-order valence-corrected chi connectivity index (χ0v) is 15.9. The van der Waals surface area contributed by atoms with Crippen LogP contribution >= 0.6 is 0 Å². The Balaban J connectivity index is 0. The first kappa shape index (κ1) is 25.8. The number of unbranched alkanes of at least 4 members (excludes halogenated alkanes) is 1. The van der Waals surface area contributed by atoms with Crippen LogP contribution in [0.1, 0.15) is 53.4 Å². The van der Waals surface area contributed by atoms with Crippen molar-refractivity contribution in [2.45, 2.75) is 59.5 Å². The molecule has 1 atom stereocenters. The summed E-state index contributed by atoms with van der Waals surface area (Å²) in [5.41, 5.74) is 1.10. The molecule has 1 rings (SSSR count). The predicted molar refractivity (Wildman–Crippen MR) is 99.1 cm³/mol. The molecule has 0 amide bonds. The van der Waals surface area contributed by atoms with Crippen molar-refractivity contribution in [3.05, 3.63) is 35.5 Å². The van der Waals surface area contributed by atoms with Crippen molar-refractivity contribution < 1.29 is 34.4 Å². The minimum atomic E-state index is -0.872. The lowest BCUT2D eigenvalue weighted by molar-refractivity contribution is -0.133. The van der Waals surface area contributed by atoms with Crippen molar-refractivity contribution in [3.8, 4) is 0 Å². The van der Waals surface area contributed by atoms with Crippen molar-refractivity contribution in [1.82, 2.24) is 0 Å². The molecule has 1 unspecified atom stereocenters. The molecule has 0 spiro atoms. The fourth-order valence-electron chi connectivity index (χ4n) is 1.22. The van der Waals surface area contributed by atoms with E-state index >= 15 is 0 Å². The van der Waals surface area contributed by atoms with Gasteiger partial charge < -0.3 is 20.1 Å². The molecule has 1 aliphatic heterocycles. The van der Waals surface area contributed by atoms with E-state index in [1.54, 1.807) is 32.9 Å². The molecule has 0 aliphatic carbocycles. The monoisotopic (exact) mass is 370 g/mol. The SMILES string of the molecule is C/C(=C\CC1CO1)C(=O)O.C/C=C(\C)C(=O)O.C=C(CCCC)C(=O)O. The van der Waals surface area contributed by atoms with Crippen molar-refractivity contribution in [1.29, 1.82) is 0 Å². The molecule has 26 heavy (non-hydrogen) atoms. The number of carboxylic acids is 3. The summed E-state index contributed by atoms with van der Waals surface area (Å²) >= 11 is 0. The Kier molecular flexibility index (Phi) is 14.8. The minimum absolute atomic E-state index is 0.286. The first-order chi connectivity index (χ1) is 12.1. The van der Waals surface area contributed by atoms with Crippen molar-refractivity contribution in [3.63, 3.8) is 0 Å². The van der Waals surface area contributed by atoms with Gasteiger partial charge in [-0.15, -0.1) is 0 Å². The van der Waals surface area contributed by atoms with Crippen LogP contribution in [0, 0.1) is 0 Å². The number of ether oxygens (including phenoxy) is 1. The van der Waals surface area contributed by atoms with Crippen LogP contribution in [0.15, 0.2) is 35.5 Å². The van der Waals surface area contributed by atoms with E-state index in [0.29, 0.717) is 23.1 Å². The summed E-state index contributed by atoms with van der Waals surface area (Å²) in [5, 5.41) is 24.8. The lowest BCUT2D eigenvalue weighted by Gasteiger charge is -1.95. The van der Waals surface area contributed by atoms with Gasteiger partial charge in [-0.25, -0.2) is 14.4 Å². The van der Waals surface area contributed by atoms with Crippen LogP contribution in [0.4, 0.5) is 0 Å². The van der Waals surface area contributed by atoms with Crippen LogP contribution in [0.5, 0.6) is 0 Å². The number of aliphatic carboxylic acids is 3. The van der Waals surface area contributed by atoms with Gasteiger partial charge in [0.05, 0.1) is 12.7 Å². The van der Waals surface area contributed by atoms with Crippen molar-refractivity contribution in [2.75, 3.05) is 6.61 Å². The van der Waals surface area contributed by atoms with E-state index in [0.717, 1.165) is 25.9 Å². The third-order valence-corrected chi connectivity index (χ3v) is 3.33. The average molecular weight is 370 g/mol. The minimum Gasteiger partial charge on any atom is -0.478 e. The highest BCUT2D eigenvalue weighted by atomic mass is 16.6. The van der Waals surface area contributed by atoms with Gasteiger partial charge in [-0.05, 0) is 40.0 Å². The van der Waals surface area contributed by atoms with Gasteiger partial charge in [-0.2, -0.15) is 0 Å². The van der Waals surface area contributed by atoms with Gasteiger partial charge >= 0.3 is 17.9 Å². The molecule has 3 N–H and O–H groups in total. The molecule has 1 fully saturated rings. The first-order valence-corrected chi connectivity index (χ1v) is 8.35. The standard InChI is InChI=1S/C7H10O3.C7H12O2.C5H8O2/c1-5(7(8)9)2-3-6-4-10-6;1-3-4-5-6(2)7(8)9;1-3-4(2)5(6)7/h2,6H,3-4H2,1H3,(H,8,9);2-5H2,1H3,(H,8,9);3H,1-2H3,(H,6,7)/b5-2+;;4-3+. The number of epoxide rings is 1. The predicted octanol–water partition coefficient (Wildman–Crippen LogP) is 3.66. The smallest absolute Gasteiger partial charge is 0.330 e. The molecular formula is C19H30O7. The molecule has 7 nitrogen and oxygen atoms in total. The molecule has 1 saturated heterocycles. The highest BCUT2D eigenvalue weighted by molar-refractivity contribution is 5.86. The second-order valence-electron chi connectivity index (χ2n) is 5.67. The molecular weight excluding hydrogens is 340 g/mol. The molecule has 148 valence electrons. The van der Waals surface area contributed by atoms with Crippen LogP contribution in [0.3, 0.4) is 0 Å². The van der Waals surface area contributed by atoms with E-state index in [9.17, 15) is 14.4 Å². The Morgan fingerprint density at radius 1 is 1.08 bits per heavy atom. The first-order valence-electron chi connectivity index (χ1n) is 8.35. The summed E-state index contributed by atoms with van der Waals surface area (Å²) in [7, 11) is 0. The van der Waals surface area contributed by atoms with Gasteiger partial charge in [0.1, 0.15) is 0 Å².